The molecule has 0 aliphatic carbocycles. The first-order valence-electron chi connectivity index (χ1n) is 11.9. The molecule has 3 aromatic rings. The number of urea groups is 1. The number of rotatable bonds is 8. The topological polar surface area (TPSA) is 87.7 Å². The lowest BCUT2D eigenvalue weighted by Gasteiger charge is -2.52. The summed E-state index contributed by atoms with van der Waals surface area (Å²) in [4.78, 5) is 26.9. The second-order valence-corrected chi connectivity index (χ2v) is 11.3. The molecule has 0 saturated carbocycles. The van der Waals surface area contributed by atoms with Crippen LogP contribution in [0.4, 0.5) is 10.5 Å². The molecule has 3 saturated heterocycles. The predicted molar refractivity (Wildman–Crippen MR) is 137 cm³/mol. The van der Waals surface area contributed by atoms with Crippen molar-refractivity contribution in [3.8, 4) is 0 Å². The lowest BCUT2D eigenvalue weighted by Crippen LogP contribution is -2.66. The molecule has 2 amide bonds. The Morgan fingerprint density at radius 2 is 1.66 bits per heavy atom. The van der Waals surface area contributed by atoms with Gasteiger partial charge in [-0.3, -0.25) is 0 Å². The molecule has 5 heterocycles. The first-order valence-corrected chi connectivity index (χ1v) is 13.7. The number of carbonyl (C=O) groups excluding carboxylic acids is 2. The third-order valence-corrected chi connectivity index (χ3v) is 9.21. The van der Waals surface area contributed by atoms with E-state index in [-0.39, 0.29) is 12.1 Å². The van der Waals surface area contributed by atoms with E-state index in [0.717, 1.165) is 42.6 Å². The Labute approximate surface area is 212 Å². The number of esters is 1. The molecule has 3 aliphatic heterocycles. The molecule has 1 atom stereocenters. The molecule has 7 nitrogen and oxygen atoms in total. The standard InChI is InChI=1S/C26H29N3O4S2/c30-24(26(32,22-8-4-16-34-22)23-9-5-17-35-23)33-21-18-29(13-10-19(21)11-14-29)15-12-27-25(31)28-20-6-2-1-3-7-20/h1-9,16-17,19,21,32H,10-15,18H2,(H-,27,28,31)/p+1/t19?,21-,29?/m0/s1. The molecule has 2 bridgehead atoms. The normalized spacial score (nSPS) is 23.6. The fourth-order valence-corrected chi connectivity index (χ4v) is 7.00. The molecular formula is C26H30N3O4S2+. The SMILES string of the molecule is O=C(NCC[N+]12CCC(CC1)[C@@H](OC(=O)C(O)(c1cccs1)c1cccs1)C2)Nc1ccccc1. The molecule has 184 valence electrons. The van der Waals surface area contributed by atoms with Gasteiger partial charge in [-0.15, -0.1) is 22.7 Å². The molecular weight excluding hydrogens is 482 g/mol. The van der Waals surface area contributed by atoms with Crippen molar-refractivity contribution in [2.75, 3.05) is 38.0 Å². The number of amides is 2. The Morgan fingerprint density at radius 3 is 2.26 bits per heavy atom. The average molecular weight is 513 g/mol. The molecule has 2 aromatic heterocycles. The minimum atomic E-state index is -1.78. The molecule has 0 spiro atoms. The van der Waals surface area contributed by atoms with Gasteiger partial charge in [0.25, 0.3) is 0 Å². The van der Waals surface area contributed by atoms with Gasteiger partial charge in [0.2, 0.25) is 5.60 Å². The van der Waals surface area contributed by atoms with Crippen molar-refractivity contribution in [3.05, 3.63) is 75.1 Å². The van der Waals surface area contributed by atoms with Gasteiger partial charge >= 0.3 is 12.0 Å². The van der Waals surface area contributed by atoms with E-state index in [1.165, 1.54) is 22.7 Å². The van der Waals surface area contributed by atoms with Gasteiger partial charge in [-0.2, -0.15) is 0 Å². The molecule has 3 N–H and O–H groups in total. The first kappa shape index (κ1) is 24.0. The van der Waals surface area contributed by atoms with Crippen LogP contribution in [0.5, 0.6) is 0 Å². The number of hydrogen-bond donors (Lipinski definition) is 3. The van der Waals surface area contributed by atoms with Gasteiger partial charge in [0.05, 0.1) is 35.9 Å². The van der Waals surface area contributed by atoms with Gasteiger partial charge in [-0.1, -0.05) is 30.3 Å². The summed E-state index contributed by atoms with van der Waals surface area (Å²) < 4.78 is 6.89. The molecule has 3 aliphatic rings. The van der Waals surface area contributed by atoms with Gasteiger partial charge < -0.3 is 25.0 Å². The maximum absolute atomic E-state index is 13.5. The number of anilines is 1. The lowest BCUT2D eigenvalue weighted by atomic mass is 9.83. The number of thiophene rings is 2. The number of ether oxygens (including phenoxy) is 1. The minimum absolute atomic E-state index is 0.221. The Balaban J connectivity index is 1.21. The highest BCUT2D eigenvalue weighted by molar-refractivity contribution is 7.12. The van der Waals surface area contributed by atoms with Gasteiger partial charge in [0.1, 0.15) is 6.54 Å². The Morgan fingerprint density at radius 1 is 1.00 bits per heavy atom. The number of nitrogens with one attached hydrogen (secondary N) is 2. The summed E-state index contributed by atoms with van der Waals surface area (Å²) in [5.74, 6) is -0.288. The summed E-state index contributed by atoms with van der Waals surface area (Å²) in [6.07, 6.45) is 1.71. The second-order valence-electron chi connectivity index (χ2n) is 9.39. The van der Waals surface area contributed by atoms with E-state index in [1.54, 1.807) is 12.1 Å². The Bertz CT molecular complexity index is 1090. The quantitative estimate of drug-likeness (QED) is 0.314. The van der Waals surface area contributed by atoms with E-state index >= 15 is 0 Å². The highest BCUT2D eigenvalue weighted by Crippen LogP contribution is 2.40. The van der Waals surface area contributed by atoms with E-state index in [9.17, 15) is 14.7 Å². The zero-order valence-corrected chi connectivity index (χ0v) is 21.0. The fraction of sp³-hybridized carbons (Fsp3) is 0.385. The summed E-state index contributed by atoms with van der Waals surface area (Å²) in [6.45, 7) is 4.06. The molecule has 0 unspecified atom stereocenters. The number of piperidine rings is 3. The van der Waals surface area contributed by atoms with Crippen molar-refractivity contribution in [1.82, 2.24) is 5.32 Å². The monoisotopic (exact) mass is 512 g/mol. The third-order valence-electron chi connectivity index (χ3n) is 7.25. The van der Waals surface area contributed by atoms with Crippen molar-refractivity contribution < 1.29 is 23.9 Å². The van der Waals surface area contributed by atoms with Gasteiger partial charge in [0, 0.05) is 24.4 Å². The maximum Gasteiger partial charge on any atom is 0.349 e. The van der Waals surface area contributed by atoms with Crippen LogP contribution >= 0.6 is 22.7 Å². The van der Waals surface area contributed by atoms with Crippen LogP contribution in [-0.2, 0) is 15.1 Å². The zero-order valence-electron chi connectivity index (χ0n) is 19.4. The average Bonchev–Trinajstić information content (AvgIpc) is 3.60. The fourth-order valence-electron chi connectivity index (χ4n) is 5.29. The number of benzene rings is 1. The molecule has 1 aromatic carbocycles. The smallest absolute Gasteiger partial charge is 0.349 e. The van der Waals surface area contributed by atoms with Crippen molar-refractivity contribution in [2.45, 2.75) is 24.5 Å². The molecule has 3 fully saturated rings. The Kier molecular flexibility index (Phi) is 6.93. The predicted octanol–water partition coefficient (Wildman–Crippen LogP) is 4.02. The van der Waals surface area contributed by atoms with Crippen LogP contribution in [0.25, 0.3) is 0 Å². The van der Waals surface area contributed by atoms with E-state index in [2.05, 4.69) is 10.6 Å². The van der Waals surface area contributed by atoms with Gasteiger partial charge in [0.15, 0.2) is 6.10 Å². The van der Waals surface area contributed by atoms with Crippen LogP contribution in [0.15, 0.2) is 65.4 Å². The number of carbonyl (C=O) groups is 2. The van der Waals surface area contributed by atoms with Crippen LogP contribution in [0.3, 0.4) is 0 Å². The van der Waals surface area contributed by atoms with Crippen LogP contribution in [0.2, 0.25) is 0 Å². The van der Waals surface area contributed by atoms with Gasteiger partial charge in [-0.25, -0.2) is 9.59 Å². The van der Waals surface area contributed by atoms with E-state index in [1.807, 2.05) is 53.2 Å². The number of quaternary nitrogens is 1. The zero-order chi connectivity index (χ0) is 24.3. The number of hydrogen-bond acceptors (Lipinski definition) is 6. The molecule has 0 radical (unpaired) electrons. The van der Waals surface area contributed by atoms with Crippen molar-refractivity contribution in [3.63, 3.8) is 0 Å². The number of nitrogens with zero attached hydrogens (tertiary/aromatic N) is 1. The van der Waals surface area contributed by atoms with Gasteiger partial charge in [-0.05, 0) is 35.0 Å². The van der Waals surface area contributed by atoms with E-state index in [4.69, 9.17) is 4.74 Å². The summed E-state index contributed by atoms with van der Waals surface area (Å²) in [7, 11) is 0. The van der Waals surface area contributed by atoms with E-state index < -0.39 is 11.6 Å². The molecule has 9 heteroatoms. The molecule has 6 rings (SSSR count). The molecule has 35 heavy (non-hydrogen) atoms. The third kappa shape index (κ3) is 4.99. The first-order chi connectivity index (χ1) is 17.0. The van der Waals surface area contributed by atoms with Crippen molar-refractivity contribution in [1.29, 1.82) is 0 Å². The van der Waals surface area contributed by atoms with Crippen LogP contribution in [0, 0.1) is 5.92 Å². The van der Waals surface area contributed by atoms with Crippen LogP contribution < -0.4 is 10.6 Å². The van der Waals surface area contributed by atoms with Crippen molar-refractivity contribution >= 4 is 40.4 Å². The number of para-hydroxylation sites is 1. The highest BCUT2D eigenvalue weighted by Gasteiger charge is 2.51. The highest BCUT2D eigenvalue weighted by atomic mass is 32.1. The minimum Gasteiger partial charge on any atom is -0.453 e. The Hall–Kier alpha value is -2.72. The number of aliphatic hydroxyl groups is 1. The second kappa shape index (κ2) is 10.1. The summed E-state index contributed by atoms with van der Waals surface area (Å²) in [5, 5.41) is 21.1. The number of fused-ring (bicyclic) bond motifs is 3. The summed E-state index contributed by atoms with van der Waals surface area (Å²) >= 11 is 2.71. The summed E-state index contributed by atoms with van der Waals surface area (Å²) in [6, 6.07) is 16.4. The van der Waals surface area contributed by atoms with E-state index in [0.29, 0.717) is 28.8 Å². The maximum atomic E-state index is 13.5. The van der Waals surface area contributed by atoms with Crippen LogP contribution in [-0.4, -0.2) is 60.4 Å². The lowest BCUT2D eigenvalue weighted by molar-refractivity contribution is -0.945. The van der Waals surface area contributed by atoms with Crippen molar-refractivity contribution in [2.24, 2.45) is 5.92 Å². The largest absolute Gasteiger partial charge is 0.453 e. The van der Waals surface area contributed by atoms with Crippen LogP contribution in [0.1, 0.15) is 22.6 Å². The summed E-state index contributed by atoms with van der Waals surface area (Å²) in [5.41, 5.74) is -1.03.